The molecule has 0 aromatic heterocycles. The Kier molecular flexibility index (Phi) is 5.88. The topological polar surface area (TPSA) is 24.5 Å². The van der Waals surface area contributed by atoms with E-state index >= 15 is 0 Å². The van der Waals surface area contributed by atoms with Gasteiger partial charge in [0.2, 0.25) is 0 Å². The van der Waals surface area contributed by atoms with Crippen LogP contribution in [0.25, 0.3) is 0 Å². The number of piperazine rings is 1. The van der Waals surface area contributed by atoms with E-state index in [1.54, 1.807) is 0 Å². The average Bonchev–Trinajstić information content (AvgIpc) is 2.83. The van der Waals surface area contributed by atoms with Gasteiger partial charge in [-0.25, -0.2) is 0 Å². The molecule has 1 N–H and O–H groups in total. The summed E-state index contributed by atoms with van der Waals surface area (Å²) in [5, 5.41) is 3.79. The quantitative estimate of drug-likeness (QED) is 0.839. The van der Waals surface area contributed by atoms with Crippen molar-refractivity contribution in [1.29, 1.82) is 0 Å². The molecule has 20 heavy (non-hydrogen) atoms. The molecule has 0 spiro atoms. The monoisotopic (exact) mass is 282 g/mol. The first-order chi connectivity index (χ1) is 9.52. The molecule has 0 radical (unpaired) electrons. The molecule has 2 saturated heterocycles. The van der Waals surface area contributed by atoms with Crippen LogP contribution in [0.1, 0.15) is 47.5 Å². The van der Waals surface area contributed by atoms with E-state index in [9.17, 15) is 0 Å². The standard InChI is InChI=1S/C17H34N2O/c1-6-13(4)16-11-19(17(9-18-16)12(2)3)10-15-7-8-20-14(15)5/h12-18H,6-11H2,1-5H3. The van der Waals surface area contributed by atoms with Crippen LogP contribution in [0.15, 0.2) is 0 Å². The molecule has 3 heteroatoms. The Hall–Kier alpha value is -0.120. The summed E-state index contributed by atoms with van der Waals surface area (Å²) in [7, 11) is 0. The predicted molar refractivity (Wildman–Crippen MR) is 85.0 cm³/mol. The Labute approximate surface area is 125 Å². The van der Waals surface area contributed by atoms with Crippen molar-refractivity contribution in [1.82, 2.24) is 10.2 Å². The Morgan fingerprint density at radius 3 is 2.60 bits per heavy atom. The lowest BCUT2D eigenvalue weighted by Gasteiger charge is -2.45. The number of nitrogens with one attached hydrogen (secondary N) is 1. The largest absolute Gasteiger partial charge is 0.378 e. The summed E-state index contributed by atoms with van der Waals surface area (Å²) in [6.45, 7) is 16.2. The van der Waals surface area contributed by atoms with Gasteiger partial charge in [0.25, 0.3) is 0 Å². The average molecular weight is 282 g/mol. The van der Waals surface area contributed by atoms with Crippen molar-refractivity contribution in [3.63, 3.8) is 0 Å². The number of hydrogen-bond acceptors (Lipinski definition) is 3. The lowest BCUT2D eigenvalue weighted by atomic mass is 9.90. The fourth-order valence-corrected chi connectivity index (χ4v) is 3.70. The van der Waals surface area contributed by atoms with Crippen LogP contribution in [0.5, 0.6) is 0 Å². The number of nitrogens with zero attached hydrogens (tertiary/aromatic N) is 1. The Balaban J connectivity index is 1.99. The van der Waals surface area contributed by atoms with E-state index in [1.165, 1.54) is 25.9 Å². The normalized spacial score (nSPS) is 37.5. The summed E-state index contributed by atoms with van der Waals surface area (Å²) < 4.78 is 5.76. The van der Waals surface area contributed by atoms with Crippen LogP contribution in [0.3, 0.4) is 0 Å². The van der Waals surface area contributed by atoms with Crippen molar-refractivity contribution < 1.29 is 4.74 Å². The number of hydrogen-bond donors (Lipinski definition) is 1. The zero-order valence-electron chi connectivity index (χ0n) is 14.1. The maximum absolute atomic E-state index is 5.76. The van der Waals surface area contributed by atoms with E-state index < -0.39 is 0 Å². The van der Waals surface area contributed by atoms with Crippen molar-refractivity contribution in [2.24, 2.45) is 17.8 Å². The maximum atomic E-state index is 5.76. The molecule has 0 saturated carbocycles. The van der Waals surface area contributed by atoms with E-state index in [4.69, 9.17) is 4.74 Å². The highest BCUT2D eigenvalue weighted by Gasteiger charge is 2.35. The molecule has 5 atom stereocenters. The molecule has 2 aliphatic heterocycles. The highest BCUT2D eigenvalue weighted by atomic mass is 16.5. The summed E-state index contributed by atoms with van der Waals surface area (Å²) in [5.41, 5.74) is 0. The zero-order valence-corrected chi connectivity index (χ0v) is 14.1. The van der Waals surface area contributed by atoms with Crippen LogP contribution in [0.4, 0.5) is 0 Å². The lowest BCUT2D eigenvalue weighted by molar-refractivity contribution is 0.0454. The van der Waals surface area contributed by atoms with Gasteiger partial charge >= 0.3 is 0 Å². The van der Waals surface area contributed by atoms with Gasteiger partial charge in [-0.05, 0) is 31.1 Å². The minimum Gasteiger partial charge on any atom is -0.378 e. The third-order valence-electron chi connectivity index (χ3n) is 5.59. The smallest absolute Gasteiger partial charge is 0.0588 e. The third kappa shape index (κ3) is 3.75. The van der Waals surface area contributed by atoms with Crippen molar-refractivity contribution >= 4 is 0 Å². The Bertz CT molecular complexity index is 295. The van der Waals surface area contributed by atoms with Gasteiger partial charge < -0.3 is 10.1 Å². The molecule has 5 unspecified atom stereocenters. The Morgan fingerprint density at radius 1 is 1.30 bits per heavy atom. The second kappa shape index (κ2) is 7.24. The van der Waals surface area contributed by atoms with Gasteiger partial charge in [0.1, 0.15) is 0 Å². The molecule has 0 aromatic rings. The molecule has 2 aliphatic rings. The SMILES string of the molecule is CCC(C)C1CN(CC2CCOC2C)C(C(C)C)CN1. The number of ether oxygens (including phenoxy) is 1. The van der Waals surface area contributed by atoms with Gasteiger partial charge in [-0.2, -0.15) is 0 Å². The van der Waals surface area contributed by atoms with Gasteiger partial charge in [-0.3, -0.25) is 4.90 Å². The van der Waals surface area contributed by atoms with Crippen molar-refractivity contribution in [2.75, 3.05) is 26.2 Å². The molecule has 0 bridgehead atoms. The zero-order chi connectivity index (χ0) is 14.7. The molecular weight excluding hydrogens is 248 g/mol. The first-order valence-electron chi connectivity index (χ1n) is 8.62. The highest BCUT2D eigenvalue weighted by molar-refractivity contribution is 4.91. The van der Waals surface area contributed by atoms with Crippen LogP contribution < -0.4 is 5.32 Å². The second-order valence-electron chi connectivity index (χ2n) is 7.29. The fourth-order valence-electron chi connectivity index (χ4n) is 3.70. The van der Waals surface area contributed by atoms with Crippen LogP contribution in [-0.4, -0.2) is 49.3 Å². The van der Waals surface area contributed by atoms with Gasteiger partial charge in [0.05, 0.1) is 6.10 Å². The molecule has 0 aromatic carbocycles. The first-order valence-corrected chi connectivity index (χ1v) is 8.62. The summed E-state index contributed by atoms with van der Waals surface area (Å²) in [4.78, 5) is 2.76. The summed E-state index contributed by atoms with van der Waals surface area (Å²) >= 11 is 0. The highest BCUT2D eigenvalue weighted by Crippen LogP contribution is 2.26. The molecule has 0 aliphatic carbocycles. The number of rotatable bonds is 5. The van der Waals surface area contributed by atoms with Crippen LogP contribution in [0.2, 0.25) is 0 Å². The molecule has 2 heterocycles. The minimum atomic E-state index is 0.444. The molecule has 2 fully saturated rings. The third-order valence-corrected chi connectivity index (χ3v) is 5.59. The van der Waals surface area contributed by atoms with Gasteiger partial charge in [0, 0.05) is 38.3 Å². The van der Waals surface area contributed by atoms with Crippen LogP contribution in [-0.2, 0) is 4.74 Å². The van der Waals surface area contributed by atoms with E-state index in [1.807, 2.05) is 0 Å². The van der Waals surface area contributed by atoms with Crippen molar-refractivity contribution in [2.45, 2.75) is 65.6 Å². The van der Waals surface area contributed by atoms with E-state index in [-0.39, 0.29) is 0 Å². The second-order valence-corrected chi connectivity index (χ2v) is 7.29. The fraction of sp³-hybridized carbons (Fsp3) is 1.00. The van der Waals surface area contributed by atoms with Gasteiger partial charge in [-0.15, -0.1) is 0 Å². The minimum absolute atomic E-state index is 0.444. The molecule has 3 nitrogen and oxygen atoms in total. The lowest BCUT2D eigenvalue weighted by Crippen LogP contribution is -2.60. The first kappa shape index (κ1) is 16.3. The van der Waals surface area contributed by atoms with Gasteiger partial charge in [0.15, 0.2) is 0 Å². The van der Waals surface area contributed by atoms with Crippen LogP contribution >= 0.6 is 0 Å². The molecule has 118 valence electrons. The van der Waals surface area contributed by atoms with E-state index in [2.05, 4.69) is 44.8 Å². The van der Waals surface area contributed by atoms with Gasteiger partial charge in [-0.1, -0.05) is 34.1 Å². The summed E-state index contributed by atoms with van der Waals surface area (Å²) in [6.07, 6.45) is 2.95. The molecular formula is C17H34N2O. The maximum Gasteiger partial charge on any atom is 0.0588 e. The summed E-state index contributed by atoms with van der Waals surface area (Å²) in [6, 6.07) is 1.34. The molecule has 2 rings (SSSR count). The Morgan fingerprint density at radius 2 is 2.05 bits per heavy atom. The van der Waals surface area contributed by atoms with E-state index in [0.29, 0.717) is 18.2 Å². The van der Waals surface area contributed by atoms with E-state index in [0.717, 1.165) is 30.9 Å². The van der Waals surface area contributed by atoms with Crippen molar-refractivity contribution in [3.05, 3.63) is 0 Å². The predicted octanol–water partition coefficient (Wildman–Crippen LogP) is 2.76. The van der Waals surface area contributed by atoms with Crippen LogP contribution in [0, 0.1) is 17.8 Å². The van der Waals surface area contributed by atoms with Crippen molar-refractivity contribution in [3.8, 4) is 0 Å². The summed E-state index contributed by atoms with van der Waals surface area (Å²) in [5.74, 6) is 2.22. The molecule has 0 amide bonds.